The summed E-state index contributed by atoms with van der Waals surface area (Å²) in [4.78, 5) is 17.6. The fraction of sp³-hybridized carbons (Fsp3) is 0.308. The van der Waals surface area contributed by atoms with Gasteiger partial charge in [-0.1, -0.05) is 69.4 Å². The van der Waals surface area contributed by atoms with E-state index in [4.69, 9.17) is 0 Å². The maximum atomic E-state index is 13.2. The van der Waals surface area contributed by atoms with Crippen LogP contribution in [0.15, 0.2) is 65.6 Å². The van der Waals surface area contributed by atoms with E-state index in [-0.39, 0.29) is 22.6 Å². The van der Waals surface area contributed by atoms with Crippen LogP contribution in [0.25, 0.3) is 21.0 Å². The van der Waals surface area contributed by atoms with Crippen LogP contribution in [0.3, 0.4) is 0 Å². The van der Waals surface area contributed by atoms with Gasteiger partial charge in [-0.15, -0.1) is 0 Å². The van der Waals surface area contributed by atoms with Gasteiger partial charge in [0.1, 0.15) is 0 Å². The fourth-order valence-corrected chi connectivity index (χ4v) is 6.65. The number of amides is 1. The number of carbonyl (C=O) groups is 1. The number of hydrogen-bond acceptors (Lipinski definition) is 5. The molecule has 1 amide bonds. The summed E-state index contributed by atoms with van der Waals surface area (Å²) in [5.41, 5.74) is 1.21. The first-order valence-electron chi connectivity index (χ1n) is 11.3. The lowest BCUT2D eigenvalue weighted by molar-refractivity contribution is 0.102. The zero-order chi connectivity index (χ0) is 24.5. The molecule has 0 bridgehead atoms. The van der Waals surface area contributed by atoms with E-state index in [1.807, 2.05) is 64.1 Å². The minimum Gasteiger partial charge on any atom is -0.298 e. The molecule has 0 fully saturated rings. The number of nitrogens with zero attached hydrogens (tertiary/aromatic N) is 2. The average molecular weight is 496 g/mol. The van der Waals surface area contributed by atoms with Gasteiger partial charge < -0.3 is 0 Å². The molecule has 178 valence electrons. The number of carbonyl (C=O) groups excluding carboxylic acids is 1. The summed E-state index contributed by atoms with van der Waals surface area (Å²) in [5, 5.41) is 5.58. The molecule has 8 heteroatoms. The van der Waals surface area contributed by atoms with Crippen molar-refractivity contribution in [2.45, 2.75) is 32.6 Å². The Hall–Kier alpha value is -2.81. The number of nitrogens with one attached hydrogen (secondary N) is 1. The summed E-state index contributed by atoms with van der Waals surface area (Å²) < 4.78 is 28.9. The van der Waals surface area contributed by atoms with E-state index in [1.165, 1.54) is 27.8 Å². The zero-order valence-corrected chi connectivity index (χ0v) is 21.4. The highest BCUT2D eigenvalue weighted by Crippen LogP contribution is 2.32. The molecule has 0 atom stereocenters. The number of hydrogen-bond donors (Lipinski definition) is 1. The lowest BCUT2D eigenvalue weighted by Crippen LogP contribution is -2.37. The first kappa shape index (κ1) is 24.3. The number of sulfonamides is 1. The lowest BCUT2D eigenvalue weighted by Gasteiger charge is -2.25. The Bertz CT molecular complexity index is 1410. The largest absolute Gasteiger partial charge is 0.298 e. The van der Waals surface area contributed by atoms with Crippen LogP contribution < -0.4 is 5.32 Å². The van der Waals surface area contributed by atoms with Crippen LogP contribution in [0.4, 0.5) is 5.13 Å². The second-order valence-electron chi connectivity index (χ2n) is 9.24. The third-order valence-corrected chi connectivity index (χ3v) is 8.26. The highest BCUT2D eigenvalue weighted by Gasteiger charge is 2.26. The second kappa shape index (κ2) is 9.82. The van der Waals surface area contributed by atoms with Crippen LogP contribution in [-0.2, 0) is 10.0 Å². The Balaban J connectivity index is 1.54. The summed E-state index contributed by atoms with van der Waals surface area (Å²) in [6.07, 6.45) is 0. The molecule has 0 aliphatic carbocycles. The van der Waals surface area contributed by atoms with E-state index in [9.17, 15) is 13.2 Å². The SMILES string of the molecule is CC(C)CN(CC(C)C)S(=O)(=O)c1ccc(C(=O)Nc2nc3ccc4ccccc4c3s2)cc1. The number of thiazole rings is 1. The van der Waals surface area contributed by atoms with Crippen molar-refractivity contribution in [3.05, 3.63) is 66.2 Å². The predicted molar refractivity (Wildman–Crippen MR) is 140 cm³/mol. The number of benzene rings is 3. The molecular weight excluding hydrogens is 466 g/mol. The molecule has 1 aromatic heterocycles. The molecule has 0 saturated carbocycles. The second-order valence-corrected chi connectivity index (χ2v) is 12.2. The smallest absolute Gasteiger partial charge is 0.257 e. The summed E-state index contributed by atoms with van der Waals surface area (Å²) in [7, 11) is -3.64. The summed E-state index contributed by atoms with van der Waals surface area (Å²) in [5.74, 6) is 0.0996. The van der Waals surface area contributed by atoms with E-state index in [2.05, 4.69) is 10.3 Å². The molecular formula is C26H29N3O3S2. The van der Waals surface area contributed by atoms with E-state index in [0.717, 1.165) is 21.0 Å². The average Bonchev–Trinajstić information content (AvgIpc) is 3.21. The topological polar surface area (TPSA) is 79.4 Å². The van der Waals surface area contributed by atoms with Gasteiger partial charge in [0, 0.05) is 24.0 Å². The first-order chi connectivity index (χ1) is 16.1. The number of fused-ring (bicyclic) bond motifs is 3. The van der Waals surface area contributed by atoms with Crippen molar-refractivity contribution in [3.8, 4) is 0 Å². The van der Waals surface area contributed by atoms with Crippen LogP contribution in [0.1, 0.15) is 38.1 Å². The van der Waals surface area contributed by atoms with Crippen LogP contribution in [0, 0.1) is 11.8 Å². The van der Waals surface area contributed by atoms with Gasteiger partial charge in [0.2, 0.25) is 10.0 Å². The third kappa shape index (κ3) is 5.14. The summed E-state index contributed by atoms with van der Waals surface area (Å²) >= 11 is 1.43. The Kier molecular flexibility index (Phi) is 7.02. The number of rotatable bonds is 8. The molecule has 0 aliphatic heterocycles. The van der Waals surface area contributed by atoms with Gasteiger partial charge in [0.05, 0.1) is 15.1 Å². The van der Waals surface area contributed by atoms with Gasteiger partial charge in [-0.3, -0.25) is 10.1 Å². The molecule has 1 heterocycles. The van der Waals surface area contributed by atoms with Gasteiger partial charge in [-0.2, -0.15) is 4.31 Å². The quantitative estimate of drug-likeness (QED) is 0.325. The molecule has 0 aliphatic rings. The molecule has 1 N–H and O–H groups in total. The maximum Gasteiger partial charge on any atom is 0.257 e. The lowest BCUT2D eigenvalue weighted by atomic mass is 10.1. The van der Waals surface area contributed by atoms with E-state index < -0.39 is 10.0 Å². The highest BCUT2D eigenvalue weighted by molar-refractivity contribution is 7.89. The Morgan fingerprint density at radius 3 is 2.24 bits per heavy atom. The number of anilines is 1. The van der Waals surface area contributed by atoms with E-state index >= 15 is 0 Å². The van der Waals surface area contributed by atoms with Crippen molar-refractivity contribution in [2.24, 2.45) is 11.8 Å². The molecule has 34 heavy (non-hydrogen) atoms. The van der Waals surface area contributed by atoms with Gasteiger partial charge >= 0.3 is 0 Å². The van der Waals surface area contributed by atoms with Gasteiger partial charge in [0.15, 0.2) is 5.13 Å². The molecule has 0 radical (unpaired) electrons. The van der Waals surface area contributed by atoms with Crippen LogP contribution in [0.2, 0.25) is 0 Å². The Morgan fingerprint density at radius 2 is 1.59 bits per heavy atom. The summed E-state index contributed by atoms with van der Waals surface area (Å²) in [6, 6.07) is 18.1. The van der Waals surface area contributed by atoms with E-state index in [0.29, 0.717) is 23.8 Å². The van der Waals surface area contributed by atoms with Crippen LogP contribution in [-0.4, -0.2) is 36.7 Å². The van der Waals surface area contributed by atoms with E-state index in [1.54, 1.807) is 12.1 Å². The molecule has 0 spiro atoms. The molecule has 0 unspecified atom stereocenters. The molecule has 0 saturated heterocycles. The number of aromatic nitrogens is 1. The van der Waals surface area contributed by atoms with Crippen LogP contribution >= 0.6 is 11.3 Å². The Labute approximate surface area is 204 Å². The standard InChI is InChI=1S/C26H29N3O3S2/c1-17(2)15-29(16-18(3)4)34(31,32)21-12-9-20(10-13-21)25(30)28-26-27-23-14-11-19-7-5-6-8-22(19)24(23)33-26/h5-14,17-18H,15-16H2,1-4H3,(H,27,28,30). The predicted octanol–water partition coefficient (Wildman–Crippen LogP) is 6.00. The van der Waals surface area contributed by atoms with Crippen molar-refractivity contribution < 1.29 is 13.2 Å². The van der Waals surface area contributed by atoms with Gasteiger partial charge in [-0.05, 0) is 47.6 Å². The fourth-order valence-electron chi connectivity index (χ4n) is 3.89. The molecule has 4 aromatic rings. The van der Waals surface area contributed by atoms with Crippen molar-refractivity contribution in [3.63, 3.8) is 0 Å². The zero-order valence-electron chi connectivity index (χ0n) is 19.8. The minimum atomic E-state index is -3.64. The molecule has 6 nitrogen and oxygen atoms in total. The monoisotopic (exact) mass is 495 g/mol. The van der Waals surface area contributed by atoms with Gasteiger partial charge in [0.25, 0.3) is 5.91 Å². The highest BCUT2D eigenvalue weighted by atomic mass is 32.2. The van der Waals surface area contributed by atoms with Gasteiger partial charge in [-0.25, -0.2) is 13.4 Å². The Morgan fingerprint density at radius 1 is 0.941 bits per heavy atom. The van der Waals surface area contributed by atoms with Crippen LogP contribution in [0.5, 0.6) is 0 Å². The van der Waals surface area contributed by atoms with Crippen molar-refractivity contribution in [2.75, 3.05) is 18.4 Å². The maximum absolute atomic E-state index is 13.2. The van der Waals surface area contributed by atoms with Crippen molar-refractivity contribution in [1.29, 1.82) is 0 Å². The summed E-state index contributed by atoms with van der Waals surface area (Å²) in [6.45, 7) is 8.91. The molecule has 4 rings (SSSR count). The van der Waals surface area contributed by atoms with Crippen molar-refractivity contribution >= 4 is 53.4 Å². The normalized spacial score (nSPS) is 12.3. The minimum absolute atomic E-state index is 0.191. The van der Waals surface area contributed by atoms with Crippen molar-refractivity contribution in [1.82, 2.24) is 9.29 Å². The first-order valence-corrected chi connectivity index (χ1v) is 13.6. The molecule has 3 aromatic carbocycles. The third-order valence-electron chi connectivity index (χ3n) is 5.39.